The van der Waals surface area contributed by atoms with Gasteiger partial charge in [-0.2, -0.15) is 0 Å². The molecule has 0 aliphatic carbocycles. The maximum atomic E-state index is 12.7. The fraction of sp³-hybridized carbons (Fsp3) is 0.609. The lowest BCUT2D eigenvalue weighted by Crippen LogP contribution is -2.44. The molecule has 4 rings (SSSR count). The maximum Gasteiger partial charge on any atom is 0.410 e. The first-order chi connectivity index (χ1) is 15.1. The van der Waals surface area contributed by atoms with Crippen LogP contribution in [-0.4, -0.2) is 72.8 Å². The van der Waals surface area contributed by atoms with E-state index in [-0.39, 0.29) is 36.5 Å². The normalized spacial score (nSPS) is 23.1. The standard InChI is InChI=1S/C23H30N2O6/c26-21-20(8-13-25(21)19-9-14-29-15-10-19)31-22(27)18-6-11-24(12-7-18)23(28)30-16-17-4-2-1-3-5-17/h1-5,18-20H,6-16H2. The number of hydrogen-bond donors (Lipinski definition) is 0. The highest BCUT2D eigenvalue weighted by molar-refractivity contribution is 5.86. The van der Waals surface area contributed by atoms with Gasteiger partial charge in [0.1, 0.15) is 6.61 Å². The fourth-order valence-corrected chi connectivity index (χ4v) is 4.49. The molecule has 3 aliphatic heterocycles. The summed E-state index contributed by atoms with van der Waals surface area (Å²) in [5.41, 5.74) is 0.936. The minimum absolute atomic E-state index is 0.0813. The lowest BCUT2D eigenvalue weighted by molar-refractivity contribution is -0.162. The third kappa shape index (κ3) is 5.36. The number of piperidine rings is 1. The van der Waals surface area contributed by atoms with Gasteiger partial charge in [-0.05, 0) is 31.2 Å². The van der Waals surface area contributed by atoms with E-state index in [0.29, 0.717) is 52.1 Å². The Morgan fingerprint density at radius 2 is 1.68 bits per heavy atom. The second kappa shape index (κ2) is 10.1. The number of esters is 1. The SMILES string of the molecule is O=C(OC1CCN(C2CCOCC2)C1=O)C1CCN(C(=O)OCc2ccccc2)CC1. The first kappa shape index (κ1) is 21.6. The molecule has 3 heterocycles. The van der Waals surface area contributed by atoms with Crippen LogP contribution in [0.4, 0.5) is 4.79 Å². The summed E-state index contributed by atoms with van der Waals surface area (Å²) in [6.45, 7) is 3.10. The van der Waals surface area contributed by atoms with Crippen molar-refractivity contribution in [2.45, 2.75) is 50.9 Å². The molecule has 8 nitrogen and oxygen atoms in total. The maximum absolute atomic E-state index is 12.7. The Labute approximate surface area is 182 Å². The average molecular weight is 431 g/mol. The van der Waals surface area contributed by atoms with Gasteiger partial charge in [-0.15, -0.1) is 0 Å². The minimum atomic E-state index is -0.677. The van der Waals surface area contributed by atoms with Gasteiger partial charge in [0.25, 0.3) is 5.91 Å². The van der Waals surface area contributed by atoms with Crippen LogP contribution in [0.1, 0.15) is 37.7 Å². The number of carbonyl (C=O) groups is 3. The van der Waals surface area contributed by atoms with Crippen molar-refractivity contribution in [1.29, 1.82) is 0 Å². The van der Waals surface area contributed by atoms with Crippen molar-refractivity contribution in [3.63, 3.8) is 0 Å². The average Bonchev–Trinajstić information content (AvgIpc) is 3.18. The summed E-state index contributed by atoms with van der Waals surface area (Å²) in [5.74, 6) is -0.699. The summed E-state index contributed by atoms with van der Waals surface area (Å²) < 4.78 is 16.3. The molecule has 3 saturated heterocycles. The quantitative estimate of drug-likeness (QED) is 0.667. The molecule has 0 saturated carbocycles. The molecule has 0 bridgehead atoms. The van der Waals surface area contributed by atoms with Gasteiger partial charge in [-0.1, -0.05) is 30.3 Å². The zero-order chi connectivity index (χ0) is 21.6. The molecule has 3 aliphatic rings. The van der Waals surface area contributed by atoms with Crippen LogP contribution in [0.2, 0.25) is 0 Å². The van der Waals surface area contributed by atoms with Crippen LogP contribution in [0.25, 0.3) is 0 Å². The Bertz CT molecular complexity index is 772. The van der Waals surface area contributed by atoms with Crippen molar-refractivity contribution >= 4 is 18.0 Å². The molecule has 0 N–H and O–H groups in total. The first-order valence-corrected chi connectivity index (χ1v) is 11.2. The van der Waals surface area contributed by atoms with Gasteiger partial charge in [0.2, 0.25) is 0 Å². The fourth-order valence-electron chi connectivity index (χ4n) is 4.49. The number of hydrogen-bond acceptors (Lipinski definition) is 6. The van der Waals surface area contributed by atoms with E-state index >= 15 is 0 Å². The molecule has 0 spiro atoms. The molecule has 1 unspecified atom stereocenters. The topological polar surface area (TPSA) is 85.4 Å². The Kier molecular flexibility index (Phi) is 7.06. The summed E-state index contributed by atoms with van der Waals surface area (Å²) in [4.78, 5) is 41.1. The number of likely N-dealkylation sites (tertiary alicyclic amines) is 2. The summed E-state index contributed by atoms with van der Waals surface area (Å²) in [6, 6.07) is 9.72. The zero-order valence-electron chi connectivity index (χ0n) is 17.7. The van der Waals surface area contributed by atoms with Crippen molar-refractivity contribution < 1.29 is 28.6 Å². The van der Waals surface area contributed by atoms with E-state index < -0.39 is 6.10 Å². The molecule has 1 aromatic rings. The van der Waals surface area contributed by atoms with Crippen LogP contribution in [0.5, 0.6) is 0 Å². The molecular weight excluding hydrogens is 400 g/mol. The van der Waals surface area contributed by atoms with Crippen LogP contribution < -0.4 is 0 Å². The molecule has 0 radical (unpaired) electrons. The highest BCUT2D eigenvalue weighted by atomic mass is 16.6. The highest BCUT2D eigenvalue weighted by Gasteiger charge is 2.40. The lowest BCUT2D eigenvalue weighted by Gasteiger charge is -2.31. The predicted molar refractivity (Wildman–Crippen MR) is 111 cm³/mol. The molecule has 8 heteroatoms. The number of amides is 2. The van der Waals surface area contributed by atoms with E-state index in [2.05, 4.69) is 0 Å². The highest BCUT2D eigenvalue weighted by Crippen LogP contribution is 2.26. The smallest absolute Gasteiger partial charge is 0.410 e. The van der Waals surface area contributed by atoms with E-state index in [4.69, 9.17) is 14.2 Å². The Morgan fingerprint density at radius 3 is 2.39 bits per heavy atom. The number of benzene rings is 1. The second-order valence-corrected chi connectivity index (χ2v) is 8.39. The van der Waals surface area contributed by atoms with E-state index in [0.717, 1.165) is 18.4 Å². The summed E-state index contributed by atoms with van der Waals surface area (Å²) in [7, 11) is 0. The summed E-state index contributed by atoms with van der Waals surface area (Å²) >= 11 is 0. The van der Waals surface area contributed by atoms with E-state index in [9.17, 15) is 14.4 Å². The van der Waals surface area contributed by atoms with Gasteiger partial charge in [-0.25, -0.2) is 4.79 Å². The molecule has 1 atom stereocenters. The largest absolute Gasteiger partial charge is 0.452 e. The monoisotopic (exact) mass is 430 g/mol. The van der Waals surface area contributed by atoms with Crippen LogP contribution in [0.15, 0.2) is 30.3 Å². The number of ether oxygens (including phenoxy) is 3. The van der Waals surface area contributed by atoms with Crippen molar-refractivity contribution in [3.8, 4) is 0 Å². The zero-order valence-corrected chi connectivity index (χ0v) is 17.7. The van der Waals surface area contributed by atoms with Crippen LogP contribution in [0, 0.1) is 5.92 Å². The van der Waals surface area contributed by atoms with E-state index in [1.54, 1.807) is 4.90 Å². The van der Waals surface area contributed by atoms with Gasteiger partial charge >= 0.3 is 12.1 Å². The first-order valence-electron chi connectivity index (χ1n) is 11.2. The molecular formula is C23H30N2O6. The van der Waals surface area contributed by atoms with E-state index in [1.165, 1.54) is 0 Å². The van der Waals surface area contributed by atoms with Gasteiger partial charge < -0.3 is 24.0 Å². The molecule has 168 valence electrons. The van der Waals surface area contributed by atoms with Crippen molar-refractivity contribution in [1.82, 2.24) is 9.80 Å². The van der Waals surface area contributed by atoms with Crippen molar-refractivity contribution in [3.05, 3.63) is 35.9 Å². The Morgan fingerprint density at radius 1 is 0.968 bits per heavy atom. The van der Waals surface area contributed by atoms with Crippen molar-refractivity contribution in [2.24, 2.45) is 5.92 Å². The molecule has 31 heavy (non-hydrogen) atoms. The molecule has 0 aromatic heterocycles. The molecule has 3 fully saturated rings. The Balaban J connectivity index is 1.19. The van der Waals surface area contributed by atoms with Gasteiger partial charge in [0.05, 0.1) is 5.92 Å². The molecule has 2 amide bonds. The van der Waals surface area contributed by atoms with Crippen molar-refractivity contribution in [2.75, 3.05) is 32.8 Å². The number of rotatable bonds is 5. The van der Waals surface area contributed by atoms with Crippen LogP contribution in [-0.2, 0) is 30.4 Å². The predicted octanol–water partition coefficient (Wildman–Crippen LogP) is 2.36. The number of nitrogens with zero attached hydrogens (tertiary/aromatic N) is 2. The van der Waals surface area contributed by atoms with Gasteiger partial charge in [0.15, 0.2) is 6.10 Å². The third-order valence-electron chi connectivity index (χ3n) is 6.37. The summed E-state index contributed by atoms with van der Waals surface area (Å²) in [6.07, 6.45) is 2.22. The summed E-state index contributed by atoms with van der Waals surface area (Å²) in [5, 5.41) is 0. The van der Waals surface area contributed by atoms with E-state index in [1.807, 2.05) is 35.2 Å². The lowest BCUT2D eigenvalue weighted by atomic mass is 9.97. The van der Waals surface area contributed by atoms with Crippen LogP contribution in [0.3, 0.4) is 0 Å². The van der Waals surface area contributed by atoms with Crippen LogP contribution >= 0.6 is 0 Å². The van der Waals surface area contributed by atoms with Gasteiger partial charge in [0, 0.05) is 45.3 Å². The Hall–Kier alpha value is -2.61. The minimum Gasteiger partial charge on any atom is -0.452 e. The molecule has 1 aromatic carbocycles. The third-order valence-corrected chi connectivity index (χ3v) is 6.37. The van der Waals surface area contributed by atoms with Gasteiger partial charge in [-0.3, -0.25) is 9.59 Å². The second-order valence-electron chi connectivity index (χ2n) is 8.39. The number of carbonyl (C=O) groups excluding carboxylic acids is 3.